The maximum atomic E-state index is 10.6. The molecule has 1 aromatic carbocycles. The molecule has 0 spiro atoms. The molecule has 128 valence electrons. The molecule has 0 aromatic heterocycles. The Balaban J connectivity index is 1.59. The van der Waals surface area contributed by atoms with E-state index in [1.165, 1.54) is 24.0 Å². The zero-order valence-corrected chi connectivity index (χ0v) is 13.9. The van der Waals surface area contributed by atoms with E-state index in [2.05, 4.69) is 12.2 Å². The van der Waals surface area contributed by atoms with Gasteiger partial charge in [-0.25, -0.2) is 0 Å². The third kappa shape index (κ3) is 4.48. The summed E-state index contributed by atoms with van der Waals surface area (Å²) in [5, 5.41) is 8.73. The second kappa shape index (κ2) is 8.15. The molecule has 1 aliphatic carbocycles. The molecule has 3 rings (SSSR count). The quantitative estimate of drug-likeness (QED) is 0.774. The zero-order valence-electron chi connectivity index (χ0n) is 13.9. The van der Waals surface area contributed by atoms with Crippen molar-refractivity contribution in [2.75, 3.05) is 19.8 Å². The highest BCUT2D eigenvalue weighted by molar-refractivity contribution is 5.67. The number of hydrogen-bond acceptors (Lipinski definition) is 3. The van der Waals surface area contributed by atoms with Gasteiger partial charge < -0.3 is 14.6 Å². The molecule has 0 amide bonds. The van der Waals surface area contributed by atoms with Crippen LogP contribution in [-0.2, 0) is 16.0 Å². The summed E-state index contributed by atoms with van der Waals surface area (Å²) in [4.78, 5) is 10.6. The van der Waals surface area contributed by atoms with Crippen molar-refractivity contribution >= 4 is 5.97 Å². The van der Waals surface area contributed by atoms with Crippen molar-refractivity contribution in [2.45, 2.75) is 32.1 Å². The summed E-state index contributed by atoms with van der Waals surface area (Å²) < 4.78 is 11.6. The van der Waals surface area contributed by atoms with Gasteiger partial charge in [-0.15, -0.1) is 0 Å². The average molecular weight is 328 g/mol. The molecule has 1 aromatic rings. The Morgan fingerprint density at radius 3 is 2.83 bits per heavy atom. The van der Waals surface area contributed by atoms with E-state index in [0.717, 1.165) is 24.3 Å². The van der Waals surface area contributed by atoms with Crippen molar-refractivity contribution in [1.29, 1.82) is 0 Å². The number of hydrogen-bond donors (Lipinski definition) is 1. The van der Waals surface area contributed by atoms with Crippen LogP contribution in [-0.4, -0.2) is 30.9 Å². The van der Waals surface area contributed by atoms with Gasteiger partial charge in [-0.1, -0.05) is 29.9 Å². The fourth-order valence-corrected chi connectivity index (χ4v) is 3.33. The van der Waals surface area contributed by atoms with Gasteiger partial charge >= 0.3 is 5.97 Å². The van der Waals surface area contributed by atoms with Crippen molar-refractivity contribution in [1.82, 2.24) is 0 Å². The summed E-state index contributed by atoms with van der Waals surface area (Å²) >= 11 is 0. The molecule has 4 nitrogen and oxygen atoms in total. The highest BCUT2D eigenvalue weighted by Gasteiger charge is 2.21. The Kier molecular flexibility index (Phi) is 5.70. The van der Waals surface area contributed by atoms with Crippen LogP contribution in [0, 0.1) is 5.92 Å². The van der Waals surface area contributed by atoms with Crippen molar-refractivity contribution in [3.05, 3.63) is 53.1 Å². The monoisotopic (exact) mass is 328 g/mol. The maximum Gasteiger partial charge on any atom is 0.303 e. The number of aliphatic carboxylic acids is 1. The molecule has 0 radical (unpaired) electrons. The Morgan fingerprint density at radius 2 is 2.12 bits per heavy atom. The first-order valence-corrected chi connectivity index (χ1v) is 8.61. The molecule has 0 saturated carbocycles. The second-order valence-electron chi connectivity index (χ2n) is 6.37. The standard InChI is InChI=1S/C20H24O4/c21-20(22)10-7-15-5-8-18(9-6-15)24-14-17-13-23-12-11-19(17)16-3-1-2-4-16/h1,3,5-6,8-9,16H,2,4,7,10-14H2,(H,21,22). The van der Waals surface area contributed by atoms with Gasteiger partial charge in [-0.2, -0.15) is 0 Å². The van der Waals surface area contributed by atoms with Gasteiger partial charge in [-0.05, 0) is 54.9 Å². The summed E-state index contributed by atoms with van der Waals surface area (Å²) in [6.07, 6.45) is 8.66. The molecule has 24 heavy (non-hydrogen) atoms. The maximum absolute atomic E-state index is 10.6. The van der Waals surface area contributed by atoms with Gasteiger partial charge in [0, 0.05) is 6.42 Å². The lowest BCUT2D eigenvalue weighted by Gasteiger charge is -2.24. The summed E-state index contributed by atoms with van der Waals surface area (Å²) in [6, 6.07) is 7.70. The Hall–Kier alpha value is -2.07. The van der Waals surface area contributed by atoms with Crippen LogP contribution in [0.5, 0.6) is 5.75 Å². The lowest BCUT2D eigenvalue weighted by molar-refractivity contribution is -0.136. The largest absolute Gasteiger partial charge is 0.489 e. The number of rotatable bonds is 7. The fourth-order valence-electron chi connectivity index (χ4n) is 3.33. The fraction of sp³-hybridized carbons (Fsp3) is 0.450. The minimum Gasteiger partial charge on any atom is -0.489 e. The van der Waals surface area contributed by atoms with Crippen molar-refractivity contribution in [3.8, 4) is 5.75 Å². The minimum atomic E-state index is -0.770. The van der Waals surface area contributed by atoms with E-state index in [1.807, 2.05) is 24.3 Å². The van der Waals surface area contributed by atoms with Crippen LogP contribution in [0.4, 0.5) is 0 Å². The van der Waals surface area contributed by atoms with E-state index in [-0.39, 0.29) is 6.42 Å². The van der Waals surface area contributed by atoms with Gasteiger partial charge in [0.05, 0.1) is 13.2 Å². The number of aryl methyl sites for hydroxylation is 1. The van der Waals surface area contributed by atoms with E-state index in [1.54, 1.807) is 0 Å². The van der Waals surface area contributed by atoms with Crippen LogP contribution in [0.2, 0.25) is 0 Å². The molecule has 1 unspecified atom stereocenters. The third-order valence-electron chi connectivity index (χ3n) is 4.67. The number of carbonyl (C=O) groups is 1. The molecule has 4 heteroatoms. The van der Waals surface area contributed by atoms with Gasteiger partial charge in [0.25, 0.3) is 0 Å². The lowest BCUT2D eigenvalue weighted by Crippen LogP contribution is -2.19. The Bertz CT molecular complexity index is 628. The molecule has 0 saturated heterocycles. The van der Waals surface area contributed by atoms with Gasteiger partial charge in [0.2, 0.25) is 0 Å². The summed E-state index contributed by atoms with van der Waals surface area (Å²) in [5.41, 5.74) is 3.78. The first kappa shape index (κ1) is 16.8. The van der Waals surface area contributed by atoms with E-state index in [4.69, 9.17) is 14.6 Å². The third-order valence-corrected chi connectivity index (χ3v) is 4.67. The number of carboxylic acid groups (broad SMARTS) is 1. The molecular weight excluding hydrogens is 304 g/mol. The van der Waals surface area contributed by atoms with Crippen molar-refractivity contribution < 1.29 is 19.4 Å². The highest BCUT2D eigenvalue weighted by atomic mass is 16.5. The van der Waals surface area contributed by atoms with E-state index in [9.17, 15) is 4.79 Å². The van der Waals surface area contributed by atoms with Gasteiger partial charge in [-0.3, -0.25) is 4.79 Å². The normalized spacial score (nSPS) is 20.4. The number of ether oxygens (including phenoxy) is 2. The molecule has 0 fully saturated rings. The molecular formula is C20H24O4. The van der Waals surface area contributed by atoms with Crippen LogP contribution < -0.4 is 4.74 Å². The SMILES string of the molecule is O=C(O)CCc1ccc(OCC2=C(C3C=CCC3)CCOC2)cc1. The van der Waals surface area contributed by atoms with Gasteiger partial charge in [0.1, 0.15) is 12.4 Å². The first-order chi connectivity index (χ1) is 11.7. The summed E-state index contributed by atoms with van der Waals surface area (Å²) in [6.45, 7) is 2.03. The molecule has 1 aliphatic heterocycles. The zero-order chi connectivity index (χ0) is 16.8. The molecule has 1 atom stereocenters. The van der Waals surface area contributed by atoms with Crippen LogP contribution in [0.1, 0.15) is 31.2 Å². The smallest absolute Gasteiger partial charge is 0.303 e. The molecule has 1 heterocycles. The number of benzene rings is 1. The van der Waals surface area contributed by atoms with Crippen LogP contribution in [0.3, 0.4) is 0 Å². The van der Waals surface area contributed by atoms with Crippen LogP contribution >= 0.6 is 0 Å². The van der Waals surface area contributed by atoms with Gasteiger partial charge in [0.15, 0.2) is 0 Å². The molecule has 2 aliphatic rings. The van der Waals surface area contributed by atoms with Crippen LogP contribution in [0.25, 0.3) is 0 Å². The van der Waals surface area contributed by atoms with E-state index in [0.29, 0.717) is 25.6 Å². The van der Waals surface area contributed by atoms with E-state index < -0.39 is 5.97 Å². The predicted molar refractivity (Wildman–Crippen MR) is 92.2 cm³/mol. The molecule has 0 bridgehead atoms. The average Bonchev–Trinajstić information content (AvgIpc) is 3.14. The minimum absolute atomic E-state index is 0.155. The second-order valence-corrected chi connectivity index (χ2v) is 6.37. The Morgan fingerprint density at radius 1 is 1.29 bits per heavy atom. The molecule has 1 N–H and O–H groups in total. The Labute approximate surface area is 142 Å². The lowest BCUT2D eigenvalue weighted by atomic mass is 9.90. The summed E-state index contributed by atoms with van der Waals surface area (Å²) in [7, 11) is 0. The first-order valence-electron chi connectivity index (χ1n) is 8.61. The highest BCUT2D eigenvalue weighted by Crippen LogP contribution is 2.32. The number of carboxylic acids is 1. The van der Waals surface area contributed by atoms with Crippen molar-refractivity contribution in [3.63, 3.8) is 0 Å². The predicted octanol–water partition coefficient (Wildman–Crippen LogP) is 3.77. The number of allylic oxidation sites excluding steroid dienone is 2. The topological polar surface area (TPSA) is 55.8 Å². The summed E-state index contributed by atoms with van der Waals surface area (Å²) in [5.74, 6) is 0.604. The van der Waals surface area contributed by atoms with Crippen molar-refractivity contribution in [2.24, 2.45) is 5.92 Å². The van der Waals surface area contributed by atoms with Crippen LogP contribution in [0.15, 0.2) is 47.6 Å². The van der Waals surface area contributed by atoms with E-state index >= 15 is 0 Å².